The fourth-order valence-corrected chi connectivity index (χ4v) is 5.44. The van der Waals surface area contributed by atoms with Gasteiger partial charge < -0.3 is 9.80 Å². The molecule has 1 saturated carbocycles. The van der Waals surface area contributed by atoms with E-state index in [-0.39, 0.29) is 30.3 Å². The highest BCUT2D eigenvalue weighted by Gasteiger charge is 2.36. The van der Waals surface area contributed by atoms with Gasteiger partial charge in [-0.1, -0.05) is 50.1 Å². The summed E-state index contributed by atoms with van der Waals surface area (Å²) in [6, 6.07) is 10.6. The lowest BCUT2D eigenvalue weighted by Crippen LogP contribution is -2.49. The summed E-state index contributed by atoms with van der Waals surface area (Å²) < 4.78 is 0. The molecule has 0 saturated heterocycles. The van der Waals surface area contributed by atoms with Crippen LogP contribution in [0.1, 0.15) is 60.7 Å². The summed E-state index contributed by atoms with van der Waals surface area (Å²) in [5.74, 6) is 0.697. The van der Waals surface area contributed by atoms with E-state index in [0.29, 0.717) is 19.0 Å². The van der Waals surface area contributed by atoms with Crippen LogP contribution in [0.15, 0.2) is 35.7 Å². The lowest BCUT2D eigenvalue weighted by Gasteiger charge is -2.39. The van der Waals surface area contributed by atoms with Crippen molar-refractivity contribution in [3.05, 3.63) is 57.3 Å². The van der Waals surface area contributed by atoms with E-state index >= 15 is 0 Å². The van der Waals surface area contributed by atoms with Gasteiger partial charge in [-0.3, -0.25) is 9.59 Å². The topological polar surface area (TPSA) is 40.6 Å². The molecule has 1 aromatic heterocycles. The molecule has 0 bridgehead atoms. The highest BCUT2D eigenvalue weighted by molar-refractivity contribution is 7.10. The molecule has 4 rings (SSSR count). The minimum atomic E-state index is -0.0622. The molecule has 1 aliphatic heterocycles. The highest BCUT2D eigenvalue weighted by atomic mass is 32.1. The summed E-state index contributed by atoms with van der Waals surface area (Å²) in [6.45, 7) is 7.85. The van der Waals surface area contributed by atoms with E-state index in [2.05, 4.69) is 56.5 Å². The van der Waals surface area contributed by atoms with Gasteiger partial charge in [0.2, 0.25) is 11.8 Å². The molecule has 2 aromatic rings. The Kier molecular flexibility index (Phi) is 6.28. The molecule has 160 valence electrons. The van der Waals surface area contributed by atoms with Gasteiger partial charge in [0.15, 0.2) is 0 Å². The van der Waals surface area contributed by atoms with E-state index in [4.69, 9.17) is 0 Å². The van der Waals surface area contributed by atoms with Gasteiger partial charge in [0, 0.05) is 23.9 Å². The van der Waals surface area contributed by atoms with Crippen LogP contribution >= 0.6 is 11.3 Å². The molecule has 0 N–H and O–H groups in total. The summed E-state index contributed by atoms with van der Waals surface area (Å²) in [7, 11) is 0. The van der Waals surface area contributed by atoms with Crippen LogP contribution in [-0.2, 0) is 16.0 Å². The quantitative estimate of drug-likeness (QED) is 0.667. The van der Waals surface area contributed by atoms with Crippen molar-refractivity contribution in [2.75, 3.05) is 19.6 Å². The van der Waals surface area contributed by atoms with Crippen LogP contribution in [0.25, 0.3) is 0 Å². The van der Waals surface area contributed by atoms with E-state index in [1.54, 1.807) is 11.3 Å². The van der Waals surface area contributed by atoms with Gasteiger partial charge in [-0.15, -0.1) is 11.3 Å². The first-order valence-corrected chi connectivity index (χ1v) is 12.0. The lowest BCUT2D eigenvalue weighted by molar-refractivity contribution is -0.146. The Hall–Kier alpha value is -2.14. The number of aryl methyl sites for hydroxylation is 1. The Morgan fingerprint density at radius 3 is 2.53 bits per heavy atom. The van der Waals surface area contributed by atoms with Crippen LogP contribution in [-0.4, -0.2) is 41.2 Å². The van der Waals surface area contributed by atoms with Gasteiger partial charge in [-0.2, -0.15) is 0 Å². The summed E-state index contributed by atoms with van der Waals surface area (Å²) in [5, 5.41) is 2.13. The predicted octanol–water partition coefficient (Wildman–Crippen LogP) is 4.82. The summed E-state index contributed by atoms with van der Waals surface area (Å²) in [5.41, 5.74) is 3.60. The third-order valence-corrected chi connectivity index (χ3v) is 7.35. The van der Waals surface area contributed by atoms with E-state index in [0.717, 1.165) is 31.2 Å². The zero-order valence-electron chi connectivity index (χ0n) is 18.3. The number of fused-ring (bicyclic) bond motifs is 1. The standard InChI is InChI=1S/C25H32N2O2S/c1-17(2)15-26(25(29)20-5-4-6-20)16-23(28)27-13-11-22-21(12-14-30-22)24(27)19-9-7-18(3)8-10-19/h7-10,12,14,17,20,24H,4-6,11,13,15-16H2,1-3H3. The zero-order valence-corrected chi connectivity index (χ0v) is 19.1. The van der Waals surface area contributed by atoms with Crippen molar-refractivity contribution < 1.29 is 9.59 Å². The third-order valence-electron chi connectivity index (χ3n) is 6.36. The molecule has 5 heteroatoms. The molecule has 0 spiro atoms. The van der Waals surface area contributed by atoms with Crippen LogP contribution in [0, 0.1) is 18.8 Å². The maximum absolute atomic E-state index is 13.5. The molecular formula is C25H32N2O2S. The van der Waals surface area contributed by atoms with Crippen molar-refractivity contribution >= 4 is 23.2 Å². The fraction of sp³-hybridized carbons (Fsp3) is 0.520. The van der Waals surface area contributed by atoms with Crippen molar-refractivity contribution in [3.63, 3.8) is 0 Å². The maximum atomic E-state index is 13.5. The number of amides is 2. The van der Waals surface area contributed by atoms with Crippen LogP contribution < -0.4 is 0 Å². The number of carbonyl (C=O) groups is 2. The molecule has 4 nitrogen and oxygen atoms in total. The smallest absolute Gasteiger partial charge is 0.242 e. The van der Waals surface area contributed by atoms with Crippen molar-refractivity contribution in [2.45, 2.75) is 52.5 Å². The average Bonchev–Trinajstić information content (AvgIpc) is 3.14. The van der Waals surface area contributed by atoms with Crippen molar-refractivity contribution in [1.29, 1.82) is 0 Å². The van der Waals surface area contributed by atoms with Gasteiger partial charge >= 0.3 is 0 Å². The number of hydrogen-bond acceptors (Lipinski definition) is 3. The molecule has 0 radical (unpaired) electrons. The molecule has 30 heavy (non-hydrogen) atoms. The Balaban J connectivity index is 1.59. The molecule has 1 aliphatic carbocycles. The summed E-state index contributed by atoms with van der Waals surface area (Å²) in [6.07, 6.45) is 3.95. The Morgan fingerprint density at radius 1 is 1.17 bits per heavy atom. The van der Waals surface area contributed by atoms with E-state index in [1.165, 1.54) is 16.0 Å². The summed E-state index contributed by atoms with van der Waals surface area (Å²) >= 11 is 1.78. The van der Waals surface area contributed by atoms with Gasteiger partial charge in [-0.05, 0) is 54.7 Å². The van der Waals surface area contributed by atoms with Gasteiger partial charge in [0.25, 0.3) is 0 Å². The van der Waals surface area contributed by atoms with Crippen molar-refractivity contribution in [3.8, 4) is 0 Å². The largest absolute Gasteiger partial charge is 0.333 e. The third kappa shape index (κ3) is 4.31. The number of rotatable bonds is 6. The monoisotopic (exact) mass is 424 g/mol. The second kappa shape index (κ2) is 8.93. The van der Waals surface area contributed by atoms with Gasteiger partial charge in [0.05, 0.1) is 12.6 Å². The van der Waals surface area contributed by atoms with Gasteiger partial charge in [-0.25, -0.2) is 0 Å². The van der Waals surface area contributed by atoms with E-state index in [9.17, 15) is 9.59 Å². The number of thiophene rings is 1. The molecular weight excluding hydrogens is 392 g/mol. The van der Waals surface area contributed by atoms with E-state index in [1.807, 2.05) is 9.80 Å². The molecule has 2 heterocycles. The first-order valence-electron chi connectivity index (χ1n) is 11.1. The molecule has 2 amide bonds. The van der Waals surface area contributed by atoms with Crippen LogP contribution in [0.5, 0.6) is 0 Å². The predicted molar refractivity (Wildman–Crippen MR) is 122 cm³/mol. The minimum absolute atomic E-state index is 0.0609. The van der Waals surface area contributed by atoms with E-state index < -0.39 is 0 Å². The average molecular weight is 425 g/mol. The molecule has 1 aromatic carbocycles. The molecule has 1 fully saturated rings. The second-order valence-corrected chi connectivity index (χ2v) is 10.2. The first-order chi connectivity index (χ1) is 14.4. The number of hydrogen-bond donors (Lipinski definition) is 0. The first kappa shape index (κ1) is 21.1. The van der Waals surface area contributed by atoms with Crippen LogP contribution in [0.3, 0.4) is 0 Å². The number of benzene rings is 1. The lowest BCUT2D eigenvalue weighted by atomic mass is 9.84. The number of carbonyl (C=O) groups excluding carboxylic acids is 2. The number of nitrogens with zero attached hydrogens (tertiary/aromatic N) is 2. The minimum Gasteiger partial charge on any atom is -0.333 e. The normalized spacial score (nSPS) is 18.8. The highest BCUT2D eigenvalue weighted by Crippen LogP contribution is 2.38. The molecule has 1 atom stereocenters. The SMILES string of the molecule is Cc1ccc(C2c3ccsc3CCN2C(=O)CN(CC(C)C)C(=O)C2CCC2)cc1. The zero-order chi connectivity index (χ0) is 21.3. The fourth-order valence-electron chi connectivity index (χ4n) is 4.53. The second-order valence-electron chi connectivity index (χ2n) is 9.19. The Bertz CT molecular complexity index is 898. The maximum Gasteiger partial charge on any atom is 0.242 e. The molecule has 2 aliphatic rings. The van der Waals surface area contributed by atoms with Gasteiger partial charge in [0.1, 0.15) is 0 Å². The summed E-state index contributed by atoms with van der Waals surface area (Å²) in [4.78, 5) is 31.7. The Morgan fingerprint density at radius 2 is 1.90 bits per heavy atom. The van der Waals surface area contributed by atoms with Crippen LogP contribution in [0.2, 0.25) is 0 Å². The Labute approximate surface area is 183 Å². The van der Waals surface area contributed by atoms with Crippen molar-refractivity contribution in [2.24, 2.45) is 11.8 Å². The van der Waals surface area contributed by atoms with Crippen LogP contribution in [0.4, 0.5) is 0 Å². The van der Waals surface area contributed by atoms with Crippen molar-refractivity contribution in [1.82, 2.24) is 9.80 Å². The molecule has 1 unspecified atom stereocenters.